The van der Waals surface area contributed by atoms with Gasteiger partial charge in [-0.3, -0.25) is 0 Å². The highest BCUT2D eigenvalue weighted by atomic mass is 35.5. The number of aryl methyl sites for hydroxylation is 1. The molecule has 2 rings (SSSR count). The van der Waals surface area contributed by atoms with Gasteiger partial charge >= 0.3 is 0 Å². The fourth-order valence-electron chi connectivity index (χ4n) is 2.26. The van der Waals surface area contributed by atoms with Gasteiger partial charge in [-0.05, 0) is 31.5 Å². The zero-order chi connectivity index (χ0) is 15.8. The number of hydrogen-bond donors (Lipinski definition) is 3. The van der Waals surface area contributed by atoms with Crippen molar-refractivity contribution in [2.45, 2.75) is 36.9 Å². The normalized spacial score (nSPS) is 26.2. The molecule has 2 atom stereocenters. The number of halogens is 1. The van der Waals surface area contributed by atoms with Crippen molar-refractivity contribution in [2.24, 2.45) is 0 Å². The first kappa shape index (κ1) is 16.5. The number of nitrogen functional groups attached to an aromatic ring is 1. The Labute approximate surface area is 129 Å². The Kier molecular flexibility index (Phi) is 4.51. The molecule has 0 spiro atoms. The van der Waals surface area contributed by atoms with E-state index in [0.29, 0.717) is 23.6 Å². The Morgan fingerprint density at radius 1 is 1.57 bits per heavy atom. The number of anilines is 1. The van der Waals surface area contributed by atoms with Crippen molar-refractivity contribution in [1.82, 2.24) is 4.72 Å². The van der Waals surface area contributed by atoms with Gasteiger partial charge in [-0.1, -0.05) is 11.6 Å². The van der Waals surface area contributed by atoms with Crippen LogP contribution in [0, 0.1) is 6.92 Å². The highest BCUT2D eigenvalue weighted by Crippen LogP contribution is 2.28. The molecule has 21 heavy (non-hydrogen) atoms. The molecule has 1 fully saturated rings. The monoisotopic (exact) mass is 334 g/mol. The van der Waals surface area contributed by atoms with E-state index < -0.39 is 21.7 Å². The second-order valence-corrected chi connectivity index (χ2v) is 7.47. The molecule has 0 bridgehead atoms. The highest BCUT2D eigenvalue weighted by Gasteiger charge is 2.40. The van der Waals surface area contributed by atoms with Crippen LogP contribution in [0.5, 0.6) is 0 Å². The zero-order valence-electron chi connectivity index (χ0n) is 11.9. The maximum absolute atomic E-state index is 12.4. The lowest BCUT2D eigenvalue weighted by Gasteiger charge is -2.26. The van der Waals surface area contributed by atoms with Gasteiger partial charge in [0.15, 0.2) is 0 Å². The van der Waals surface area contributed by atoms with E-state index in [0.717, 1.165) is 0 Å². The maximum Gasteiger partial charge on any atom is 0.241 e. The van der Waals surface area contributed by atoms with Crippen molar-refractivity contribution in [3.63, 3.8) is 0 Å². The van der Waals surface area contributed by atoms with Crippen LogP contribution in [0.1, 0.15) is 18.9 Å². The molecule has 6 nitrogen and oxygen atoms in total. The minimum Gasteiger partial charge on any atom is -0.397 e. The van der Waals surface area contributed by atoms with Crippen LogP contribution >= 0.6 is 11.6 Å². The molecule has 0 radical (unpaired) electrons. The smallest absolute Gasteiger partial charge is 0.241 e. The molecular weight excluding hydrogens is 316 g/mol. The van der Waals surface area contributed by atoms with E-state index in [1.807, 2.05) is 0 Å². The Morgan fingerprint density at radius 3 is 2.81 bits per heavy atom. The summed E-state index contributed by atoms with van der Waals surface area (Å²) in [6.07, 6.45) is -0.0325. The second kappa shape index (κ2) is 5.73. The van der Waals surface area contributed by atoms with Crippen molar-refractivity contribution in [1.29, 1.82) is 0 Å². The third-order valence-corrected chi connectivity index (χ3v) is 5.68. The van der Waals surface area contributed by atoms with Gasteiger partial charge in [-0.2, -0.15) is 0 Å². The van der Waals surface area contributed by atoms with Crippen LogP contribution in [-0.2, 0) is 14.8 Å². The van der Waals surface area contributed by atoms with Crippen LogP contribution < -0.4 is 10.5 Å². The standard InChI is InChI=1S/C13H19ClN2O4S/c1-8-5-10(14)11(15)6-12(8)21(18,19)16-7-13(17)3-4-20-9(13)2/h5-6,9,16-17H,3-4,7,15H2,1-2H3. The van der Waals surface area contributed by atoms with Gasteiger partial charge in [0.2, 0.25) is 10.0 Å². The molecule has 1 saturated heterocycles. The van der Waals surface area contributed by atoms with E-state index in [1.165, 1.54) is 12.1 Å². The fraction of sp³-hybridized carbons (Fsp3) is 0.538. The molecule has 1 aromatic carbocycles. The van der Waals surface area contributed by atoms with Gasteiger partial charge in [0.1, 0.15) is 5.60 Å². The molecule has 4 N–H and O–H groups in total. The molecule has 1 aliphatic heterocycles. The highest BCUT2D eigenvalue weighted by molar-refractivity contribution is 7.89. The minimum atomic E-state index is -3.78. The van der Waals surface area contributed by atoms with Crippen LogP contribution in [0.4, 0.5) is 5.69 Å². The topological polar surface area (TPSA) is 102 Å². The van der Waals surface area contributed by atoms with Crippen LogP contribution in [-0.4, -0.2) is 38.4 Å². The molecule has 1 aromatic rings. The summed E-state index contributed by atoms with van der Waals surface area (Å²) < 4.78 is 32.4. The van der Waals surface area contributed by atoms with Gasteiger partial charge in [-0.25, -0.2) is 13.1 Å². The first-order chi connectivity index (χ1) is 9.66. The zero-order valence-corrected chi connectivity index (χ0v) is 13.5. The number of aliphatic hydroxyl groups is 1. The summed E-state index contributed by atoms with van der Waals surface area (Å²) in [4.78, 5) is 0.0552. The van der Waals surface area contributed by atoms with Gasteiger partial charge < -0.3 is 15.6 Å². The van der Waals surface area contributed by atoms with E-state index in [9.17, 15) is 13.5 Å². The number of nitrogens with one attached hydrogen (secondary N) is 1. The predicted molar refractivity (Wildman–Crippen MR) is 80.8 cm³/mol. The van der Waals surface area contributed by atoms with Crippen molar-refractivity contribution in [3.8, 4) is 0 Å². The van der Waals surface area contributed by atoms with E-state index in [2.05, 4.69) is 4.72 Å². The summed E-state index contributed by atoms with van der Waals surface area (Å²) in [6.45, 7) is 3.65. The number of nitrogens with two attached hydrogens (primary N) is 1. The lowest BCUT2D eigenvalue weighted by Crippen LogP contribution is -2.47. The number of benzene rings is 1. The van der Waals surface area contributed by atoms with Crippen molar-refractivity contribution >= 4 is 27.3 Å². The predicted octanol–water partition coefficient (Wildman–Crippen LogP) is 1.05. The summed E-state index contributed by atoms with van der Waals surface area (Å²) in [7, 11) is -3.78. The molecular formula is C13H19ClN2O4S. The first-order valence-electron chi connectivity index (χ1n) is 6.55. The minimum absolute atomic E-state index is 0.0552. The summed E-state index contributed by atoms with van der Waals surface area (Å²) in [5.41, 5.74) is 5.15. The van der Waals surface area contributed by atoms with Crippen molar-refractivity contribution < 1.29 is 18.3 Å². The lowest BCUT2D eigenvalue weighted by atomic mass is 9.97. The van der Waals surface area contributed by atoms with Crippen molar-refractivity contribution in [2.75, 3.05) is 18.9 Å². The molecule has 2 unspecified atom stereocenters. The maximum atomic E-state index is 12.4. The summed E-state index contributed by atoms with van der Waals surface area (Å²) in [6, 6.07) is 2.82. The first-order valence-corrected chi connectivity index (χ1v) is 8.41. The molecule has 0 amide bonds. The van der Waals surface area contributed by atoms with E-state index in [4.69, 9.17) is 22.1 Å². The van der Waals surface area contributed by atoms with Crippen LogP contribution in [0.2, 0.25) is 5.02 Å². The SMILES string of the molecule is Cc1cc(Cl)c(N)cc1S(=O)(=O)NCC1(O)CCOC1C. The van der Waals surface area contributed by atoms with Crippen LogP contribution in [0.15, 0.2) is 17.0 Å². The average molecular weight is 335 g/mol. The number of sulfonamides is 1. The Hall–Kier alpha value is -0.860. The Bertz CT molecular complexity index is 650. The molecule has 1 aliphatic rings. The largest absolute Gasteiger partial charge is 0.397 e. The Morgan fingerprint density at radius 2 is 2.24 bits per heavy atom. The second-order valence-electron chi connectivity index (χ2n) is 5.33. The van der Waals surface area contributed by atoms with E-state index in [-0.39, 0.29) is 17.1 Å². The van der Waals surface area contributed by atoms with Crippen LogP contribution in [0.25, 0.3) is 0 Å². The fourth-order valence-corrected chi connectivity index (χ4v) is 3.84. The van der Waals surface area contributed by atoms with Gasteiger partial charge in [0.25, 0.3) is 0 Å². The van der Waals surface area contributed by atoms with E-state index >= 15 is 0 Å². The molecule has 0 saturated carbocycles. The van der Waals surface area contributed by atoms with E-state index in [1.54, 1.807) is 13.8 Å². The number of rotatable bonds is 4. The van der Waals surface area contributed by atoms with Gasteiger partial charge in [-0.15, -0.1) is 0 Å². The summed E-state index contributed by atoms with van der Waals surface area (Å²) >= 11 is 5.86. The molecule has 0 aliphatic carbocycles. The van der Waals surface area contributed by atoms with Crippen molar-refractivity contribution in [3.05, 3.63) is 22.7 Å². The summed E-state index contributed by atoms with van der Waals surface area (Å²) in [5, 5.41) is 10.6. The van der Waals surface area contributed by atoms with Crippen LogP contribution in [0.3, 0.4) is 0 Å². The molecule has 8 heteroatoms. The third-order valence-electron chi connectivity index (χ3n) is 3.81. The van der Waals surface area contributed by atoms with Gasteiger partial charge in [0.05, 0.1) is 21.7 Å². The molecule has 0 aromatic heterocycles. The third kappa shape index (κ3) is 3.32. The quantitative estimate of drug-likeness (QED) is 0.714. The molecule has 1 heterocycles. The summed E-state index contributed by atoms with van der Waals surface area (Å²) in [5.74, 6) is 0. The lowest BCUT2D eigenvalue weighted by molar-refractivity contribution is -0.0228. The van der Waals surface area contributed by atoms with Gasteiger partial charge in [0, 0.05) is 19.6 Å². The number of hydrogen-bond acceptors (Lipinski definition) is 5. The Balaban J connectivity index is 2.21. The molecule has 118 valence electrons. The average Bonchev–Trinajstić information content (AvgIpc) is 2.72. The number of ether oxygens (including phenoxy) is 1.